The van der Waals surface area contributed by atoms with Crippen molar-refractivity contribution in [1.29, 1.82) is 5.26 Å². The van der Waals surface area contributed by atoms with Crippen LogP contribution in [0, 0.1) is 17.1 Å². The van der Waals surface area contributed by atoms with E-state index in [1.165, 1.54) is 12.1 Å². The second kappa shape index (κ2) is 6.32. The summed E-state index contributed by atoms with van der Waals surface area (Å²) < 4.78 is 39.9. The summed E-state index contributed by atoms with van der Waals surface area (Å²) >= 11 is 0. The molecule has 0 unspecified atom stereocenters. The number of aliphatic hydroxyl groups excluding tert-OH is 1. The zero-order valence-corrected chi connectivity index (χ0v) is 13.4. The third-order valence-corrected chi connectivity index (χ3v) is 6.13. The van der Waals surface area contributed by atoms with Crippen molar-refractivity contribution in [3.8, 4) is 6.07 Å². The molecule has 1 aliphatic rings. The van der Waals surface area contributed by atoms with Gasteiger partial charge in [-0.05, 0) is 23.8 Å². The van der Waals surface area contributed by atoms with E-state index in [1.807, 2.05) is 12.1 Å². The lowest BCUT2D eigenvalue weighted by molar-refractivity contribution is 0.0556. The topological polar surface area (TPSA) is 81.4 Å². The molecule has 2 aromatic rings. The van der Waals surface area contributed by atoms with E-state index in [2.05, 4.69) is 0 Å². The second-order valence-corrected chi connectivity index (χ2v) is 7.40. The fourth-order valence-corrected chi connectivity index (χ4v) is 4.91. The van der Waals surface area contributed by atoms with E-state index >= 15 is 0 Å². The smallest absolute Gasteiger partial charge is 0.244 e. The maximum absolute atomic E-state index is 13.4. The number of halogens is 1. The van der Waals surface area contributed by atoms with E-state index < -0.39 is 40.4 Å². The van der Waals surface area contributed by atoms with Gasteiger partial charge in [-0.3, -0.25) is 0 Å². The molecular formula is C17H15FN2O3S. The predicted octanol–water partition coefficient (Wildman–Crippen LogP) is 1.87. The number of benzene rings is 2. The minimum atomic E-state index is -4.08. The van der Waals surface area contributed by atoms with Crippen LogP contribution in [0.3, 0.4) is 0 Å². The van der Waals surface area contributed by atoms with E-state index in [4.69, 9.17) is 0 Å². The molecule has 1 N–H and O–H groups in total. The van der Waals surface area contributed by atoms with Gasteiger partial charge in [0, 0.05) is 5.92 Å². The van der Waals surface area contributed by atoms with Gasteiger partial charge in [0.2, 0.25) is 10.0 Å². The van der Waals surface area contributed by atoms with Crippen LogP contribution in [0.5, 0.6) is 0 Å². The number of nitrogens with zero attached hydrogens (tertiary/aromatic N) is 2. The Morgan fingerprint density at radius 2 is 1.88 bits per heavy atom. The Balaban J connectivity index is 2.01. The van der Waals surface area contributed by atoms with E-state index in [0.29, 0.717) is 0 Å². The molecule has 1 heterocycles. The Morgan fingerprint density at radius 1 is 1.17 bits per heavy atom. The fourth-order valence-electron chi connectivity index (χ4n) is 3.12. The highest BCUT2D eigenvalue weighted by molar-refractivity contribution is 7.89. The van der Waals surface area contributed by atoms with Crippen molar-refractivity contribution in [2.45, 2.75) is 22.9 Å². The average Bonchev–Trinajstić information content (AvgIpc) is 2.55. The largest absolute Gasteiger partial charge is 0.395 e. The highest BCUT2D eigenvalue weighted by Crippen LogP contribution is 2.43. The lowest BCUT2D eigenvalue weighted by Crippen LogP contribution is -2.65. The molecule has 0 radical (unpaired) electrons. The van der Waals surface area contributed by atoms with Gasteiger partial charge in [-0.2, -0.15) is 9.57 Å². The van der Waals surface area contributed by atoms with Gasteiger partial charge >= 0.3 is 0 Å². The van der Waals surface area contributed by atoms with Crippen LogP contribution in [0.2, 0.25) is 0 Å². The molecule has 24 heavy (non-hydrogen) atoms. The number of hydrogen-bond donors (Lipinski definition) is 1. The molecular weight excluding hydrogens is 331 g/mol. The van der Waals surface area contributed by atoms with Crippen LogP contribution in [0.1, 0.15) is 11.5 Å². The van der Waals surface area contributed by atoms with E-state index in [9.17, 15) is 23.2 Å². The van der Waals surface area contributed by atoms with Crippen LogP contribution in [0.25, 0.3) is 0 Å². The number of aliphatic hydroxyl groups is 1. The van der Waals surface area contributed by atoms with Crippen molar-refractivity contribution < 1.29 is 17.9 Å². The number of hydrogen-bond acceptors (Lipinski definition) is 4. The van der Waals surface area contributed by atoms with Crippen molar-refractivity contribution in [3.05, 3.63) is 66.0 Å². The Bertz CT molecular complexity index is 880. The summed E-state index contributed by atoms with van der Waals surface area (Å²) in [5.41, 5.74) is 0.786. The normalized spacial score (nSPS) is 24.1. The van der Waals surface area contributed by atoms with E-state index in [0.717, 1.165) is 22.0 Å². The molecule has 5 nitrogen and oxygen atoms in total. The molecule has 124 valence electrons. The minimum absolute atomic E-state index is 0.229. The molecule has 1 fully saturated rings. The monoisotopic (exact) mass is 346 g/mol. The molecule has 3 atom stereocenters. The third kappa shape index (κ3) is 2.59. The minimum Gasteiger partial charge on any atom is -0.395 e. The van der Waals surface area contributed by atoms with Crippen molar-refractivity contribution in [3.63, 3.8) is 0 Å². The lowest BCUT2D eigenvalue weighted by atomic mass is 9.78. The number of sulfonamides is 1. The molecule has 1 saturated heterocycles. The van der Waals surface area contributed by atoms with Gasteiger partial charge in [0.15, 0.2) is 0 Å². The highest BCUT2D eigenvalue weighted by Gasteiger charge is 2.55. The van der Waals surface area contributed by atoms with Crippen molar-refractivity contribution in [2.24, 2.45) is 0 Å². The van der Waals surface area contributed by atoms with Crippen LogP contribution in [0.4, 0.5) is 4.39 Å². The second-order valence-electron chi connectivity index (χ2n) is 5.55. The summed E-state index contributed by atoms with van der Waals surface area (Å²) in [6.45, 7) is -0.424. The van der Waals surface area contributed by atoms with Crippen LogP contribution in [-0.2, 0) is 10.0 Å². The van der Waals surface area contributed by atoms with Crippen LogP contribution >= 0.6 is 0 Å². The maximum atomic E-state index is 13.4. The standard InChI is InChI=1S/C17H15FN2O3S/c18-13-7-4-8-14(9-13)24(22,23)20-15(10-19)17(16(20)11-21)12-5-2-1-3-6-12/h1-9,15-17,21H,11H2/t15-,16-,17-/m0/s1. The molecule has 3 rings (SSSR count). The van der Waals surface area contributed by atoms with Crippen molar-refractivity contribution in [1.82, 2.24) is 4.31 Å². The molecule has 0 saturated carbocycles. The first-order valence-corrected chi connectivity index (χ1v) is 8.79. The Morgan fingerprint density at radius 3 is 2.46 bits per heavy atom. The molecule has 1 aliphatic heterocycles. The van der Waals surface area contributed by atoms with Gasteiger partial charge in [-0.1, -0.05) is 36.4 Å². The van der Waals surface area contributed by atoms with E-state index in [-0.39, 0.29) is 4.90 Å². The Labute approximate surface area is 139 Å². The summed E-state index contributed by atoms with van der Waals surface area (Å²) in [7, 11) is -4.08. The quantitative estimate of drug-likeness (QED) is 0.916. The highest BCUT2D eigenvalue weighted by atomic mass is 32.2. The van der Waals surface area contributed by atoms with Gasteiger partial charge in [-0.25, -0.2) is 12.8 Å². The van der Waals surface area contributed by atoms with Gasteiger partial charge < -0.3 is 5.11 Å². The van der Waals surface area contributed by atoms with Gasteiger partial charge in [0.05, 0.1) is 23.6 Å². The third-order valence-electron chi connectivity index (χ3n) is 4.23. The summed E-state index contributed by atoms with van der Waals surface area (Å²) in [5, 5.41) is 19.1. The number of rotatable bonds is 4. The Hall–Kier alpha value is -2.27. The summed E-state index contributed by atoms with van der Waals surface area (Å²) in [4.78, 5) is -0.229. The lowest BCUT2D eigenvalue weighted by Gasteiger charge is -2.50. The van der Waals surface area contributed by atoms with Crippen LogP contribution < -0.4 is 0 Å². The van der Waals surface area contributed by atoms with Gasteiger partial charge in [0.1, 0.15) is 11.9 Å². The molecule has 2 aromatic carbocycles. The van der Waals surface area contributed by atoms with Gasteiger partial charge in [-0.15, -0.1) is 0 Å². The molecule has 0 spiro atoms. The van der Waals surface area contributed by atoms with Crippen LogP contribution in [-0.4, -0.2) is 36.5 Å². The predicted molar refractivity (Wildman–Crippen MR) is 84.9 cm³/mol. The summed E-state index contributed by atoms with van der Waals surface area (Å²) in [5.74, 6) is -1.10. The zero-order valence-electron chi connectivity index (χ0n) is 12.6. The SMILES string of the molecule is N#C[C@H]1[C@H](c2ccccc2)[C@H](CO)N1S(=O)(=O)c1cccc(F)c1. The van der Waals surface area contributed by atoms with Crippen molar-refractivity contribution >= 4 is 10.0 Å². The molecule has 0 amide bonds. The van der Waals surface area contributed by atoms with Crippen molar-refractivity contribution in [2.75, 3.05) is 6.61 Å². The zero-order chi connectivity index (χ0) is 17.3. The average molecular weight is 346 g/mol. The van der Waals surface area contributed by atoms with E-state index in [1.54, 1.807) is 24.3 Å². The summed E-state index contributed by atoms with van der Waals surface area (Å²) in [6.07, 6.45) is 0. The molecule has 0 aromatic heterocycles. The first kappa shape index (κ1) is 16.6. The molecule has 7 heteroatoms. The first-order valence-electron chi connectivity index (χ1n) is 7.35. The number of nitriles is 1. The Kier molecular flexibility index (Phi) is 4.37. The maximum Gasteiger partial charge on any atom is 0.244 e. The molecule has 0 aliphatic carbocycles. The molecule has 0 bridgehead atoms. The fraction of sp³-hybridized carbons (Fsp3) is 0.235. The van der Waals surface area contributed by atoms with Crippen LogP contribution in [0.15, 0.2) is 59.5 Å². The first-order chi connectivity index (χ1) is 11.5. The van der Waals surface area contributed by atoms with Gasteiger partial charge in [0.25, 0.3) is 0 Å². The summed E-state index contributed by atoms with van der Waals surface area (Å²) in [6, 6.07) is 13.9.